The van der Waals surface area contributed by atoms with Crippen molar-refractivity contribution < 1.29 is 5.11 Å². The van der Waals surface area contributed by atoms with Gasteiger partial charge >= 0.3 is 0 Å². The number of rotatable bonds is 1. The molecule has 0 bridgehead atoms. The third-order valence-corrected chi connectivity index (χ3v) is 2.29. The van der Waals surface area contributed by atoms with E-state index in [4.69, 9.17) is 5.11 Å². The van der Waals surface area contributed by atoms with Crippen molar-refractivity contribution in [3.05, 3.63) is 0 Å². The topological polar surface area (TPSA) is 32.3 Å². The predicted molar refractivity (Wildman–Crippen MR) is 35.9 cm³/mol. The second-order valence-corrected chi connectivity index (χ2v) is 3.10. The van der Waals surface area contributed by atoms with Crippen LogP contribution >= 0.6 is 11.8 Å². The van der Waals surface area contributed by atoms with E-state index in [9.17, 15) is 0 Å². The minimum absolute atomic E-state index is 0.190. The van der Waals surface area contributed by atoms with Gasteiger partial charge < -0.3 is 10.4 Å². The largest absolute Gasteiger partial charge is 0.392 e. The van der Waals surface area contributed by atoms with Crippen molar-refractivity contribution in [2.75, 3.05) is 11.6 Å². The second-order valence-electron chi connectivity index (χ2n) is 2.07. The van der Waals surface area contributed by atoms with Gasteiger partial charge in [-0.25, -0.2) is 0 Å². The van der Waals surface area contributed by atoms with Gasteiger partial charge in [-0.2, -0.15) is 0 Å². The molecule has 2 unspecified atom stereocenters. The molecule has 1 aliphatic heterocycles. The summed E-state index contributed by atoms with van der Waals surface area (Å²) in [7, 11) is 0. The smallest absolute Gasteiger partial charge is 0.0673 e. The highest BCUT2D eigenvalue weighted by atomic mass is 32.2. The quantitative estimate of drug-likeness (QED) is 0.529. The zero-order valence-electron chi connectivity index (χ0n) is 4.92. The van der Waals surface area contributed by atoms with E-state index in [1.807, 2.05) is 18.7 Å². The Bertz CT molecular complexity index is 70.8. The fourth-order valence-corrected chi connectivity index (χ4v) is 1.82. The summed E-state index contributed by atoms with van der Waals surface area (Å²) in [6, 6.07) is 0.333. The summed E-state index contributed by atoms with van der Waals surface area (Å²) >= 11 is 1.84. The molecule has 8 heavy (non-hydrogen) atoms. The molecule has 48 valence electrons. The average molecular weight is 133 g/mol. The first-order valence-electron chi connectivity index (χ1n) is 2.80. The van der Waals surface area contributed by atoms with Crippen LogP contribution in [0.15, 0.2) is 0 Å². The van der Waals surface area contributed by atoms with Crippen molar-refractivity contribution in [1.82, 2.24) is 5.32 Å². The van der Waals surface area contributed by atoms with Crippen molar-refractivity contribution in [2.24, 2.45) is 0 Å². The first-order chi connectivity index (χ1) is 3.80. The Kier molecular flexibility index (Phi) is 2.16. The van der Waals surface area contributed by atoms with E-state index >= 15 is 0 Å². The Labute approximate surface area is 53.7 Å². The van der Waals surface area contributed by atoms with E-state index in [0.29, 0.717) is 6.04 Å². The molecule has 1 rings (SSSR count). The van der Waals surface area contributed by atoms with Crippen molar-refractivity contribution >= 4 is 11.8 Å². The molecule has 1 fully saturated rings. The maximum absolute atomic E-state index is 8.98. The Balaban J connectivity index is 2.24. The third-order valence-electron chi connectivity index (χ3n) is 1.33. The molecule has 1 aliphatic rings. The Morgan fingerprint density at radius 3 is 2.88 bits per heavy atom. The van der Waals surface area contributed by atoms with Crippen LogP contribution in [0.1, 0.15) is 6.92 Å². The lowest BCUT2D eigenvalue weighted by Gasteiger charge is -2.10. The number of hydrogen-bond donors (Lipinski definition) is 2. The minimum Gasteiger partial charge on any atom is -0.392 e. The van der Waals surface area contributed by atoms with Gasteiger partial charge in [-0.1, -0.05) is 0 Å². The average Bonchev–Trinajstić information content (AvgIpc) is 2.12. The molecule has 0 amide bonds. The van der Waals surface area contributed by atoms with Crippen LogP contribution in [0.25, 0.3) is 0 Å². The van der Waals surface area contributed by atoms with Gasteiger partial charge in [0.15, 0.2) is 0 Å². The Morgan fingerprint density at radius 1 is 1.88 bits per heavy atom. The molecule has 0 aromatic heterocycles. The highest BCUT2D eigenvalue weighted by molar-refractivity contribution is 7.99. The number of thioether (sulfide) groups is 1. The van der Waals surface area contributed by atoms with E-state index in [-0.39, 0.29) is 6.10 Å². The van der Waals surface area contributed by atoms with E-state index < -0.39 is 0 Å². The fraction of sp³-hybridized carbons (Fsp3) is 1.00. The molecule has 0 saturated carbocycles. The summed E-state index contributed by atoms with van der Waals surface area (Å²) in [4.78, 5) is 0. The summed E-state index contributed by atoms with van der Waals surface area (Å²) in [6.07, 6.45) is -0.190. The van der Waals surface area contributed by atoms with E-state index in [1.165, 1.54) is 0 Å². The Morgan fingerprint density at radius 2 is 2.62 bits per heavy atom. The highest BCUT2D eigenvalue weighted by Crippen LogP contribution is 2.11. The second kappa shape index (κ2) is 2.71. The van der Waals surface area contributed by atoms with E-state index in [0.717, 1.165) is 11.6 Å². The lowest BCUT2D eigenvalue weighted by Crippen LogP contribution is -2.34. The number of aliphatic hydroxyl groups excluding tert-OH is 1. The first-order valence-corrected chi connectivity index (χ1v) is 3.95. The molecule has 1 heterocycles. The predicted octanol–water partition coefficient (Wildman–Crippen LogP) is 0.0297. The van der Waals surface area contributed by atoms with Crippen LogP contribution in [-0.2, 0) is 0 Å². The van der Waals surface area contributed by atoms with Gasteiger partial charge in [0.2, 0.25) is 0 Å². The van der Waals surface area contributed by atoms with Gasteiger partial charge in [-0.05, 0) is 6.92 Å². The van der Waals surface area contributed by atoms with Crippen LogP contribution in [0, 0.1) is 0 Å². The summed E-state index contributed by atoms with van der Waals surface area (Å²) in [6.45, 7) is 1.82. The van der Waals surface area contributed by atoms with Crippen LogP contribution < -0.4 is 5.32 Å². The van der Waals surface area contributed by atoms with Gasteiger partial charge in [0.25, 0.3) is 0 Å². The molecule has 0 aromatic carbocycles. The van der Waals surface area contributed by atoms with Crippen LogP contribution in [0.2, 0.25) is 0 Å². The summed E-state index contributed by atoms with van der Waals surface area (Å²) in [5, 5.41) is 12.1. The third kappa shape index (κ3) is 1.37. The van der Waals surface area contributed by atoms with E-state index in [1.54, 1.807) is 0 Å². The molecule has 0 aliphatic carbocycles. The van der Waals surface area contributed by atoms with Crippen LogP contribution in [0.5, 0.6) is 0 Å². The van der Waals surface area contributed by atoms with Crippen molar-refractivity contribution in [2.45, 2.75) is 19.1 Å². The standard InChI is InChI=1S/C5H11NOS/c1-4(7)5-2-8-3-6-5/h4-7H,2-3H2,1H3. The van der Waals surface area contributed by atoms with Crippen molar-refractivity contribution in [3.63, 3.8) is 0 Å². The number of nitrogens with one attached hydrogen (secondary N) is 1. The van der Waals surface area contributed by atoms with Gasteiger partial charge in [0.1, 0.15) is 0 Å². The molecule has 1 saturated heterocycles. The van der Waals surface area contributed by atoms with Crippen LogP contribution in [-0.4, -0.2) is 28.9 Å². The van der Waals surface area contributed by atoms with Crippen LogP contribution in [0.4, 0.5) is 0 Å². The van der Waals surface area contributed by atoms with Crippen molar-refractivity contribution in [3.8, 4) is 0 Å². The summed E-state index contributed by atoms with van der Waals surface area (Å²) in [5.41, 5.74) is 0. The summed E-state index contributed by atoms with van der Waals surface area (Å²) in [5.74, 6) is 2.05. The maximum Gasteiger partial charge on any atom is 0.0673 e. The lowest BCUT2D eigenvalue weighted by molar-refractivity contribution is 0.161. The maximum atomic E-state index is 8.98. The highest BCUT2D eigenvalue weighted by Gasteiger charge is 2.18. The van der Waals surface area contributed by atoms with E-state index in [2.05, 4.69) is 5.32 Å². The fourth-order valence-electron chi connectivity index (χ4n) is 0.721. The number of aliphatic hydroxyl groups is 1. The molecular weight excluding hydrogens is 122 g/mol. The number of hydrogen-bond acceptors (Lipinski definition) is 3. The molecule has 3 heteroatoms. The van der Waals surface area contributed by atoms with Gasteiger partial charge in [0, 0.05) is 17.7 Å². The Hall–Kier alpha value is 0.270. The van der Waals surface area contributed by atoms with Crippen LogP contribution in [0.3, 0.4) is 0 Å². The normalized spacial score (nSPS) is 33.0. The molecule has 0 radical (unpaired) electrons. The lowest BCUT2D eigenvalue weighted by atomic mass is 10.2. The minimum atomic E-state index is -0.190. The zero-order valence-corrected chi connectivity index (χ0v) is 5.74. The summed E-state index contributed by atoms with van der Waals surface area (Å²) < 4.78 is 0. The molecule has 2 N–H and O–H groups in total. The van der Waals surface area contributed by atoms with Gasteiger partial charge in [-0.3, -0.25) is 0 Å². The molecule has 0 spiro atoms. The molecule has 0 aromatic rings. The SMILES string of the molecule is CC(O)C1CSCN1. The molecular formula is C5H11NOS. The van der Waals surface area contributed by atoms with Crippen molar-refractivity contribution in [1.29, 1.82) is 0 Å². The van der Waals surface area contributed by atoms with Gasteiger partial charge in [0.05, 0.1) is 6.10 Å². The zero-order chi connectivity index (χ0) is 5.98. The molecule has 2 atom stereocenters. The molecule has 2 nitrogen and oxygen atoms in total. The van der Waals surface area contributed by atoms with Gasteiger partial charge in [-0.15, -0.1) is 11.8 Å². The monoisotopic (exact) mass is 133 g/mol. The first kappa shape index (κ1) is 6.39.